The molecule has 19 heavy (non-hydrogen) atoms. The van der Waals surface area contributed by atoms with Crippen molar-refractivity contribution in [2.75, 3.05) is 23.3 Å². The first kappa shape index (κ1) is 11.9. The van der Waals surface area contributed by atoms with Gasteiger partial charge in [0.1, 0.15) is 18.0 Å². The maximum absolute atomic E-state index is 5.92. The van der Waals surface area contributed by atoms with Gasteiger partial charge in [-0.15, -0.1) is 0 Å². The van der Waals surface area contributed by atoms with Crippen LogP contribution in [0.4, 0.5) is 17.3 Å². The highest BCUT2D eigenvalue weighted by Crippen LogP contribution is 2.21. The van der Waals surface area contributed by atoms with Gasteiger partial charge in [-0.3, -0.25) is 0 Å². The molecule has 1 fully saturated rings. The summed E-state index contributed by atoms with van der Waals surface area (Å²) in [4.78, 5) is 10.8. The zero-order valence-electron chi connectivity index (χ0n) is 10.7. The Morgan fingerprint density at radius 1 is 1.21 bits per heavy atom. The highest BCUT2D eigenvalue weighted by Gasteiger charge is 2.20. The standard InChI is InChI=1S/C14H17N5/c15-11-6-7-19(9-11)14-8-13(16-10-17-14)18-12-4-2-1-3-5-12/h1-5,8,10-11H,6-7,9,15H2,(H,16,17,18). The van der Waals surface area contributed by atoms with Gasteiger partial charge in [-0.1, -0.05) is 18.2 Å². The molecule has 2 aromatic rings. The molecule has 1 unspecified atom stereocenters. The summed E-state index contributed by atoms with van der Waals surface area (Å²) in [5.74, 6) is 1.73. The Morgan fingerprint density at radius 3 is 2.79 bits per heavy atom. The fourth-order valence-corrected chi connectivity index (χ4v) is 2.25. The minimum absolute atomic E-state index is 0.250. The van der Waals surface area contributed by atoms with E-state index in [1.165, 1.54) is 0 Å². The van der Waals surface area contributed by atoms with Crippen molar-refractivity contribution in [2.45, 2.75) is 12.5 Å². The molecule has 1 saturated heterocycles. The van der Waals surface area contributed by atoms with Crippen LogP contribution in [0.25, 0.3) is 0 Å². The normalized spacial score (nSPS) is 18.6. The highest BCUT2D eigenvalue weighted by atomic mass is 15.2. The van der Waals surface area contributed by atoms with E-state index in [1.54, 1.807) is 6.33 Å². The Morgan fingerprint density at radius 2 is 2.05 bits per heavy atom. The molecule has 0 aliphatic carbocycles. The van der Waals surface area contributed by atoms with Gasteiger partial charge in [0.05, 0.1) is 0 Å². The van der Waals surface area contributed by atoms with E-state index in [-0.39, 0.29) is 6.04 Å². The Labute approximate surface area is 112 Å². The number of nitrogens with two attached hydrogens (primary N) is 1. The van der Waals surface area contributed by atoms with Gasteiger partial charge in [-0.25, -0.2) is 9.97 Å². The molecule has 3 N–H and O–H groups in total. The van der Waals surface area contributed by atoms with Crippen molar-refractivity contribution in [3.8, 4) is 0 Å². The lowest BCUT2D eigenvalue weighted by molar-refractivity contribution is 0.751. The van der Waals surface area contributed by atoms with E-state index < -0.39 is 0 Å². The fourth-order valence-electron chi connectivity index (χ4n) is 2.25. The van der Waals surface area contributed by atoms with Crippen LogP contribution < -0.4 is 16.0 Å². The molecule has 1 aliphatic rings. The predicted octanol–water partition coefficient (Wildman–Crippen LogP) is 1.76. The monoisotopic (exact) mass is 255 g/mol. The largest absolute Gasteiger partial charge is 0.355 e. The molecule has 1 atom stereocenters. The van der Waals surface area contributed by atoms with E-state index in [9.17, 15) is 0 Å². The molecule has 5 nitrogen and oxygen atoms in total. The number of para-hydroxylation sites is 1. The minimum atomic E-state index is 0.250. The molecular formula is C14H17N5. The molecule has 3 rings (SSSR count). The summed E-state index contributed by atoms with van der Waals surface area (Å²) in [6.07, 6.45) is 2.61. The van der Waals surface area contributed by atoms with Crippen molar-refractivity contribution in [2.24, 2.45) is 5.73 Å². The van der Waals surface area contributed by atoms with Gasteiger partial charge in [0.2, 0.25) is 0 Å². The lowest BCUT2D eigenvalue weighted by Crippen LogP contribution is -2.26. The third-order valence-electron chi connectivity index (χ3n) is 3.25. The van der Waals surface area contributed by atoms with Gasteiger partial charge in [-0.05, 0) is 18.6 Å². The van der Waals surface area contributed by atoms with Crippen LogP contribution in [0.2, 0.25) is 0 Å². The maximum atomic E-state index is 5.92. The number of nitrogens with one attached hydrogen (secondary N) is 1. The average Bonchev–Trinajstić information content (AvgIpc) is 2.87. The van der Waals surface area contributed by atoms with E-state index in [2.05, 4.69) is 20.2 Å². The first-order valence-corrected chi connectivity index (χ1v) is 6.46. The van der Waals surface area contributed by atoms with Gasteiger partial charge in [0.15, 0.2) is 0 Å². The molecule has 1 aliphatic heterocycles. The molecular weight excluding hydrogens is 238 g/mol. The Bertz CT molecular complexity index is 543. The van der Waals surface area contributed by atoms with Gasteiger partial charge >= 0.3 is 0 Å². The van der Waals surface area contributed by atoms with Crippen molar-refractivity contribution in [3.05, 3.63) is 42.7 Å². The number of hydrogen-bond acceptors (Lipinski definition) is 5. The minimum Gasteiger partial charge on any atom is -0.355 e. The van der Waals surface area contributed by atoms with Crippen LogP contribution in [0.3, 0.4) is 0 Å². The van der Waals surface area contributed by atoms with Crippen LogP contribution in [0.5, 0.6) is 0 Å². The first-order valence-electron chi connectivity index (χ1n) is 6.46. The van der Waals surface area contributed by atoms with Crippen LogP contribution in [0, 0.1) is 0 Å². The van der Waals surface area contributed by atoms with E-state index in [0.29, 0.717) is 0 Å². The molecule has 0 bridgehead atoms. The number of benzene rings is 1. The Kier molecular flexibility index (Phi) is 3.29. The van der Waals surface area contributed by atoms with E-state index in [0.717, 1.165) is 36.8 Å². The molecule has 5 heteroatoms. The number of hydrogen-bond donors (Lipinski definition) is 2. The van der Waals surface area contributed by atoms with Crippen LogP contribution in [-0.2, 0) is 0 Å². The summed E-state index contributed by atoms with van der Waals surface area (Å²) in [5, 5.41) is 3.27. The number of aromatic nitrogens is 2. The lowest BCUT2D eigenvalue weighted by atomic mass is 10.3. The first-order chi connectivity index (χ1) is 9.31. The molecule has 1 aromatic heterocycles. The lowest BCUT2D eigenvalue weighted by Gasteiger charge is -2.17. The maximum Gasteiger partial charge on any atom is 0.135 e. The van der Waals surface area contributed by atoms with Crippen molar-refractivity contribution in [1.29, 1.82) is 0 Å². The zero-order chi connectivity index (χ0) is 13.1. The number of anilines is 3. The van der Waals surface area contributed by atoms with Crippen LogP contribution in [-0.4, -0.2) is 29.1 Å². The van der Waals surface area contributed by atoms with E-state index in [4.69, 9.17) is 5.73 Å². The van der Waals surface area contributed by atoms with Gasteiger partial charge in [-0.2, -0.15) is 0 Å². The molecule has 98 valence electrons. The second-order valence-electron chi connectivity index (χ2n) is 4.75. The summed E-state index contributed by atoms with van der Waals surface area (Å²) >= 11 is 0. The number of rotatable bonds is 3. The van der Waals surface area contributed by atoms with Crippen molar-refractivity contribution >= 4 is 17.3 Å². The second-order valence-corrected chi connectivity index (χ2v) is 4.75. The van der Waals surface area contributed by atoms with Crippen LogP contribution in [0.1, 0.15) is 6.42 Å². The Balaban J connectivity index is 1.76. The van der Waals surface area contributed by atoms with Gasteiger partial charge < -0.3 is 16.0 Å². The smallest absolute Gasteiger partial charge is 0.135 e. The summed E-state index contributed by atoms with van der Waals surface area (Å²) < 4.78 is 0. The third-order valence-corrected chi connectivity index (χ3v) is 3.25. The fraction of sp³-hybridized carbons (Fsp3) is 0.286. The Hall–Kier alpha value is -2.14. The second kappa shape index (κ2) is 5.24. The summed E-state index contributed by atoms with van der Waals surface area (Å²) in [7, 11) is 0. The summed E-state index contributed by atoms with van der Waals surface area (Å²) in [6, 6.07) is 12.2. The molecule has 1 aromatic carbocycles. The topological polar surface area (TPSA) is 67.1 Å². The third kappa shape index (κ3) is 2.82. The molecule has 2 heterocycles. The van der Waals surface area contributed by atoms with Gasteiger partial charge in [0.25, 0.3) is 0 Å². The SMILES string of the molecule is NC1CCN(c2cc(Nc3ccccc3)ncn2)C1. The van der Waals surface area contributed by atoms with Crippen LogP contribution >= 0.6 is 0 Å². The molecule has 0 saturated carbocycles. The van der Waals surface area contributed by atoms with Crippen molar-refractivity contribution in [3.63, 3.8) is 0 Å². The molecule has 0 spiro atoms. The van der Waals surface area contributed by atoms with E-state index >= 15 is 0 Å². The summed E-state index contributed by atoms with van der Waals surface area (Å²) in [6.45, 7) is 1.82. The predicted molar refractivity (Wildman–Crippen MR) is 76.6 cm³/mol. The average molecular weight is 255 g/mol. The highest BCUT2D eigenvalue weighted by molar-refractivity contribution is 5.59. The molecule has 0 radical (unpaired) electrons. The summed E-state index contributed by atoms with van der Waals surface area (Å²) in [5.41, 5.74) is 6.94. The quantitative estimate of drug-likeness (QED) is 0.874. The molecule has 0 amide bonds. The van der Waals surface area contributed by atoms with Crippen LogP contribution in [0.15, 0.2) is 42.7 Å². The van der Waals surface area contributed by atoms with Crippen molar-refractivity contribution in [1.82, 2.24) is 9.97 Å². The van der Waals surface area contributed by atoms with E-state index in [1.807, 2.05) is 36.4 Å². The number of nitrogens with zero attached hydrogens (tertiary/aromatic N) is 3. The van der Waals surface area contributed by atoms with Crippen molar-refractivity contribution < 1.29 is 0 Å². The zero-order valence-corrected chi connectivity index (χ0v) is 10.7. The van der Waals surface area contributed by atoms with Gasteiger partial charge in [0, 0.05) is 30.9 Å².